The normalized spacial score (nSPS) is 16.5. The molecule has 1 aliphatic carbocycles. The van der Waals surface area contributed by atoms with Crippen LogP contribution < -0.4 is 5.32 Å². The summed E-state index contributed by atoms with van der Waals surface area (Å²) >= 11 is 0. The number of methoxy groups -OCH3 is 1. The van der Waals surface area contributed by atoms with Crippen molar-refractivity contribution < 1.29 is 14.2 Å². The van der Waals surface area contributed by atoms with E-state index in [-0.39, 0.29) is 0 Å². The van der Waals surface area contributed by atoms with Crippen LogP contribution >= 0.6 is 0 Å². The molecule has 108 valence electrons. The number of hydrogen-bond acceptors (Lipinski definition) is 4. The second-order valence-corrected chi connectivity index (χ2v) is 4.93. The lowest BCUT2D eigenvalue weighted by Gasteiger charge is -2.10. The molecule has 1 aliphatic rings. The summed E-state index contributed by atoms with van der Waals surface area (Å²) in [5.74, 6) is 0.916. The van der Waals surface area contributed by atoms with Crippen LogP contribution in [0.4, 0.5) is 0 Å². The van der Waals surface area contributed by atoms with Crippen LogP contribution in [0.5, 0.6) is 0 Å². The topological polar surface area (TPSA) is 39.7 Å². The second kappa shape index (κ2) is 11.9. The predicted molar refractivity (Wildman–Crippen MR) is 73.0 cm³/mol. The standard InChI is InChI=1S/C14H29NO3/c1-16-11-12-18-9-4-8-17-10-7-15-13-14-5-2-3-6-14/h14-15H,2-13H2,1H3. The summed E-state index contributed by atoms with van der Waals surface area (Å²) in [6, 6.07) is 0. The number of nitrogens with one attached hydrogen (secondary N) is 1. The lowest BCUT2D eigenvalue weighted by Crippen LogP contribution is -2.25. The van der Waals surface area contributed by atoms with Crippen LogP contribution in [0.3, 0.4) is 0 Å². The van der Waals surface area contributed by atoms with E-state index in [0.717, 1.165) is 38.7 Å². The van der Waals surface area contributed by atoms with Gasteiger partial charge in [-0.1, -0.05) is 12.8 Å². The van der Waals surface area contributed by atoms with Crippen LogP contribution in [0.15, 0.2) is 0 Å². The summed E-state index contributed by atoms with van der Waals surface area (Å²) in [5, 5.41) is 3.47. The second-order valence-electron chi connectivity index (χ2n) is 4.93. The van der Waals surface area contributed by atoms with Crippen molar-refractivity contribution in [3.05, 3.63) is 0 Å². The number of rotatable bonds is 12. The first-order valence-electron chi connectivity index (χ1n) is 7.28. The van der Waals surface area contributed by atoms with Gasteiger partial charge >= 0.3 is 0 Å². The number of ether oxygens (including phenoxy) is 3. The number of hydrogen-bond donors (Lipinski definition) is 1. The maximum absolute atomic E-state index is 5.53. The Morgan fingerprint density at radius 3 is 2.39 bits per heavy atom. The highest BCUT2D eigenvalue weighted by Crippen LogP contribution is 2.23. The first-order chi connectivity index (χ1) is 8.93. The lowest BCUT2D eigenvalue weighted by molar-refractivity contribution is 0.0518. The molecule has 0 bridgehead atoms. The van der Waals surface area contributed by atoms with Crippen molar-refractivity contribution in [1.29, 1.82) is 0 Å². The Morgan fingerprint density at radius 2 is 1.67 bits per heavy atom. The SMILES string of the molecule is COCCOCCCOCCNCC1CCCC1. The largest absolute Gasteiger partial charge is 0.382 e. The molecule has 0 aromatic heterocycles. The van der Waals surface area contributed by atoms with Gasteiger partial charge in [0.05, 0.1) is 19.8 Å². The molecule has 0 aromatic carbocycles. The maximum Gasteiger partial charge on any atom is 0.0700 e. The molecule has 0 spiro atoms. The summed E-state index contributed by atoms with van der Waals surface area (Å²) < 4.78 is 15.8. The molecule has 1 rings (SSSR count). The average Bonchev–Trinajstić information content (AvgIpc) is 2.89. The zero-order chi connectivity index (χ0) is 12.9. The molecule has 0 radical (unpaired) electrons. The quantitative estimate of drug-likeness (QED) is 0.543. The molecule has 1 N–H and O–H groups in total. The lowest BCUT2D eigenvalue weighted by atomic mass is 10.1. The summed E-state index contributed by atoms with van der Waals surface area (Å²) in [4.78, 5) is 0. The molecule has 4 heteroatoms. The third-order valence-electron chi connectivity index (χ3n) is 3.34. The van der Waals surface area contributed by atoms with Crippen LogP contribution in [0.25, 0.3) is 0 Å². The van der Waals surface area contributed by atoms with E-state index in [1.54, 1.807) is 7.11 Å². The van der Waals surface area contributed by atoms with Gasteiger partial charge in [0.2, 0.25) is 0 Å². The summed E-state index contributed by atoms with van der Waals surface area (Å²) in [6.45, 7) is 5.86. The summed E-state index contributed by atoms with van der Waals surface area (Å²) in [7, 11) is 1.69. The van der Waals surface area contributed by atoms with E-state index in [0.29, 0.717) is 13.2 Å². The predicted octanol–water partition coefficient (Wildman–Crippen LogP) is 1.84. The van der Waals surface area contributed by atoms with E-state index < -0.39 is 0 Å². The van der Waals surface area contributed by atoms with E-state index in [9.17, 15) is 0 Å². The molecule has 4 nitrogen and oxygen atoms in total. The molecule has 0 aromatic rings. The van der Waals surface area contributed by atoms with E-state index in [1.807, 2.05) is 0 Å². The van der Waals surface area contributed by atoms with Gasteiger partial charge < -0.3 is 19.5 Å². The smallest absolute Gasteiger partial charge is 0.0700 e. The van der Waals surface area contributed by atoms with Crippen molar-refractivity contribution in [2.75, 3.05) is 53.2 Å². The van der Waals surface area contributed by atoms with Gasteiger partial charge in [0, 0.05) is 26.9 Å². The van der Waals surface area contributed by atoms with Crippen LogP contribution in [-0.4, -0.2) is 53.2 Å². The van der Waals surface area contributed by atoms with Crippen molar-refractivity contribution in [2.45, 2.75) is 32.1 Å². The van der Waals surface area contributed by atoms with Crippen LogP contribution in [-0.2, 0) is 14.2 Å². The average molecular weight is 259 g/mol. The van der Waals surface area contributed by atoms with E-state index in [1.165, 1.54) is 32.2 Å². The molecule has 1 fully saturated rings. The Bertz CT molecular complexity index is 172. The molecule has 1 saturated carbocycles. The van der Waals surface area contributed by atoms with Gasteiger partial charge in [-0.2, -0.15) is 0 Å². The molecule has 0 amide bonds. The molecule has 0 atom stereocenters. The molecule has 0 saturated heterocycles. The fourth-order valence-corrected chi connectivity index (χ4v) is 2.27. The van der Waals surface area contributed by atoms with Gasteiger partial charge in [-0.05, 0) is 31.7 Å². The summed E-state index contributed by atoms with van der Waals surface area (Å²) in [5.41, 5.74) is 0. The Kier molecular flexibility index (Phi) is 10.5. The Balaban J connectivity index is 1.68. The monoisotopic (exact) mass is 259 g/mol. The van der Waals surface area contributed by atoms with Gasteiger partial charge in [0.25, 0.3) is 0 Å². The van der Waals surface area contributed by atoms with Crippen molar-refractivity contribution in [2.24, 2.45) is 5.92 Å². The first kappa shape index (κ1) is 15.9. The molecule has 0 heterocycles. The van der Waals surface area contributed by atoms with Crippen molar-refractivity contribution >= 4 is 0 Å². The zero-order valence-corrected chi connectivity index (χ0v) is 11.8. The van der Waals surface area contributed by atoms with Crippen molar-refractivity contribution in [1.82, 2.24) is 5.32 Å². The highest BCUT2D eigenvalue weighted by molar-refractivity contribution is 4.69. The first-order valence-corrected chi connectivity index (χ1v) is 7.28. The van der Waals surface area contributed by atoms with E-state index >= 15 is 0 Å². The van der Waals surface area contributed by atoms with Crippen LogP contribution in [0.1, 0.15) is 32.1 Å². The molecule has 18 heavy (non-hydrogen) atoms. The third-order valence-corrected chi connectivity index (χ3v) is 3.34. The Hall–Kier alpha value is -0.160. The fraction of sp³-hybridized carbons (Fsp3) is 1.00. The van der Waals surface area contributed by atoms with Gasteiger partial charge in [-0.15, -0.1) is 0 Å². The third kappa shape index (κ3) is 8.86. The van der Waals surface area contributed by atoms with E-state index in [2.05, 4.69) is 5.32 Å². The van der Waals surface area contributed by atoms with Gasteiger partial charge in [-0.25, -0.2) is 0 Å². The van der Waals surface area contributed by atoms with Crippen LogP contribution in [0.2, 0.25) is 0 Å². The zero-order valence-electron chi connectivity index (χ0n) is 11.8. The summed E-state index contributed by atoms with van der Waals surface area (Å²) in [6.07, 6.45) is 6.63. The highest BCUT2D eigenvalue weighted by atomic mass is 16.5. The van der Waals surface area contributed by atoms with E-state index in [4.69, 9.17) is 14.2 Å². The maximum atomic E-state index is 5.53. The molecule has 0 unspecified atom stereocenters. The van der Waals surface area contributed by atoms with Gasteiger partial charge in [0.15, 0.2) is 0 Å². The Morgan fingerprint density at radius 1 is 0.944 bits per heavy atom. The van der Waals surface area contributed by atoms with Gasteiger partial charge in [0.1, 0.15) is 0 Å². The van der Waals surface area contributed by atoms with Crippen LogP contribution in [0, 0.1) is 5.92 Å². The molecular formula is C14H29NO3. The highest BCUT2D eigenvalue weighted by Gasteiger charge is 2.13. The van der Waals surface area contributed by atoms with Gasteiger partial charge in [-0.3, -0.25) is 0 Å². The molecular weight excluding hydrogens is 230 g/mol. The Labute approximate surface area is 111 Å². The fourth-order valence-electron chi connectivity index (χ4n) is 2.27. The molecule has 0 aliphatic heterocycles. The van der Waals surface area contributed by atoms with Crippen molar-refractivity contribution in [3.63, 3.8) is 0 Å². The minimum Gasteiger partial charge on any atom is -0.382 e. The minimum atomic E-state index is 0.673. The minimum absolute atomic E-state index is 0.673. The van der Waals surface area contributed by atoms with Crippen molar-refractivity contribution in [3.8, 4) is 0 Å².